The Morgan fingerprint density at radius 3 is 2.67 bits per heavy atom. The predicted octanol–water partition coefficient (Wildman–Crippen LogP) is 3.84. The summed E-state index contributed by atoms with van der Waals surface area (Å²) >= 11 is 1.52. The third kappa shape index (κ3) is 4.53. The number of nitrogens with one attached hydrogen (secondary N) is 1. The maximum atomic E-state index is 13.2. The van der Waals surface area contributed by atoms with Gasteiger partial charge in [0.1, 0.15) is 17.2 Å². The van der Waals surface area contributed by atoms with Crippen LogP contribution in [0.25, 0.3) is 0 Å². The molecule has 1 aliphatic heterocycles. The molecule has 0 spiro atoms. The number of hydrogen-bond acceptors (Lipinski definition) is 4. The molecular formula is C20H23FN2O3S. The Morgan fingerprint density at radius 2 is 2.04 bits per heavy atom. The summed E-state index contributed by atoms with van der Waals surface area (Å²) in [6.45, 7) is 4.76. The molecule has 3 rings (SSSR count). The van der Waals surface area contributed by atoms with Crippen molar-refractivity contribution < 1.29 is 18.4 Å². The standard InChI is InChI=1S/C20H23FN2O3S/c1-13(2)7-9-22-18(24)17-12-27-20(15-8-10-26-11-15)23(17)19(25)14-3-5-16(21)6-4-14/h3-6,8,10-11,13,17,20H,7,9,12H2,1-2H3,(H,22,24). The predicted molar refractivity (Wildman–Crippen MR) is 103 cm³/mol. The van der Waals surface area contributed by atoms with Crippen molar-refractivity contribution in [2.75, 3.05) is 12.3 Å². The summed E-state index contributed by atoms with van der Waals surface area (Å²) in [5, 5.41) is 2.62. The fourth-order valence-electron chi connectivity index (χ4n) is 2.97. The van der Waals surface area contributed by atoms with Crippen LogP contribution in [0.2, 0.25) is 0 Å². The van der Waals surface area contributed by atoms with Crippen molar-refractivity contribution in [3.63, 3.8) is 0 Å². The molecule has 2 atom stereocenters. The van der Waals surface area contributed by atoms with Gasteiger partial charge in [-0.05, 0) is 42.7 Å². The zero-order chi connectivity index (χ0) is 19.4. The van der Waals surface area contributed by atoms with Gasteiger partial charge in [0.15, 0.2) is 0 Å². The molecule has 0 bridgehead atoms. The van der Waals surface area contributed by atoms with E-state index < -0.39 is 11.9 Å². The van der Waals surface area contributed by atoms with E-state index in [4.69, 9.17) is 4.42 Å². The summed E-state index contributed by atoms with van der Waals surface area (Å²) in [5.41, 5.74) is 1.18. The molecule has 2 amide bonds. The van der Waals surface area contributed by atoms with Gasteiger partial charge in [0, 0.05) is 23.4 Å². The largest absolute Gasteiger partial charge is 0.472 e. The first kappa shape index (κ1) is 19.5. The van der Waals surface area contributed by atoms with Gasteiger partial charge in [-0.15, -0.1) is 11.8 Å². The molecule has 1 fully saturated rings. The van der Waals surface area contributed by atoms with Gasteiger partial charge < -0.3 is 14.6 Å². The number of furan rings is 1. The molecule has 1 saturated heterocycles. The monoisotopic (exact) mass is 390 g/mol. The highest BCUT2D eigenvalue weighted by atomic mass is 32.2. The third-order valence-corrected chi connectivity index (χ3v) is 5.80. The second-order valence-corrected chi connectivity index (χ2v) is 8.06. The number of carbonyl (C=O) groups excluding carboxylic acids is 2. The van der Waals surface area contributed by atoms with E-state index in [2.05, 4.69) is 19.2 Å². The molecule has 2 aromatic rings. The average molecular weight is 390 g/mol. The molecule has 1 aliphatic rings. The van der Waals surface area contributed by atoms with Crippen LogP contribution in [0, 0.1) is 11.7 Å². The van der Waals surface area contributed by atoms with E-state index in [9.17, 15) is 14.0 Å². The number of nitrogens with zero attached hydrogens (tertiary/aromatic N) is 1. The van der Waals surface area contributed by atoms with Crippen molar-refractivity contribution in [1.29, 1.82) is 0 Å². The maximum Gasteiger partial charge on any atom is 0.255 e. The number of amides is 2. The van der Waals surface area contributed by atoms with Crippen molar-refractivity contribution in [1.82, 2.24) is 10.2 Å². The fraction of sp³-hybridized carbons (Fsp3) is 0.400. The average Bonchev–Trinajstić information content (AvgIpc) is 3.30. The Balaban J connectivity index is 1.83. The second kappa shape index (κ2) is 8.61. The lowest BCUT2D eigenvalue weighted by Crippen LogP contribution is -2.48. The first-order valence-corrected chi connectivity index (χ1v) is 10.0. The first-order valence-electron chi connectivity index (χ1n) is 8.97. The summed E-state index contributed by atoms with van der Waals surface area (Å²) in [7, 11) is 0. The van der Waals surface area contributed by atoms with Crippen molar-refractivity contribution in [2.24, 2.45) is 5.92 Å². The van der Waals surface area contributed by atoms with Crippen molar-refractivity contribution in [3.05, 3.63) is 59.8 Å². The first-order chi connectivity index (χ1) is 13.0. The van der Waals surface area contributed by atoms with E-state index in [1.54, 1.807) is 23.5 Å². The molecule has 27 heavy (non-hydrogen) atoms. The van der Waals surface area contributed by atoms with Crippen LogP contribution in [0.15, 0.2) is 47.3 Å². The van der Waals surface area contributed by atoms with Gasteiger partial charge in [0.2, 0.25) is 5.91 Å². The van der Waals surface area contributed by atoms with Gasteiger partial charge in [-0.2, -0.15) is 0 Å². The maximum absolute atomic E-state index is 13.2. The fourth-order valence-corrected chi connectivity index (χ4v) is 4.38. The number of carbonyl (C=O) groups is 2. The molecule has 1 N–H and O–H groups in total. The molecule has 2 unspecified atom stereocenters. The quantitative estimate of drug-likeness (QED) is 0.814. The van der Waals surface area contributed by atoms with E-state index in [0.717, 1.165) is 12.0 Å². The summed E-state index contributed by atoms with van der Waals surface area (Å²) < 4.78 is 18.4. The Labute approximate surface area is 162 Å². The van der Waals surface area contributed by atoms with Gasteiger partial charge in [-0.1, -0.05) is 13.8 Å². The lowest BCUT2D eigenvalue weighted by atomic mass is 10.1. The summed E-state index contributed by atoms with van der Waals surface area (Å²) in [6.07, 6.45) is 4.01. The molecule has 0 aliphatic carbocycles. The molecule has 0 saturated carbocycles. The van der Waals surface area contributed by atoms with E-state index in [0.29, 0.717) is 23.8 Å². The van der Waals surface area contributed by atoms with Crippen LogP contribution in [-0.4, -0.2) is 35.1 Å². The highest BCUT2D eigenvalue weighted by molar-refractivity contribution is 7.99. The molecule has 1 aromatic carbocycles. The third-order valence-electron chi connectivity index (χ3n) is 4.48. The number of hydrogen-bond donors (Lipinski definition) is 1. The van der Waals surface area contributed by atoms with Crippen LogP contribution in [0.5, 0.6) is 0 Å². The van der Waals surface area contributed by atoms with E-state index >= 15 is 0 Å². The van der Waals surface area contributed by atoms with Gasteiger partial charge in [0.25, 0.3) is 5.91 Å². The van der Waals surface area contributed by atoms with Crippen molar-refractivity contribution >= 4 is 23.6 Å². The SMILES string of the molecule is CC(C)CCNC(=O)C1CSC(c2ccoc2)N1C(=O)c1ccc(F)cc1. The molecule has 0 radical (unpaired) electrons. The molecule has 5 nitrogen and oxygen atoms in total. The minimum absolute atomic E-state index is 0.162. The van der Waals surface area contributed by atoms with E-state index in [1.807, 2.05) is 0 Å². The van der Waals surface area contributed by atoms with Gasteiger partial charge in [-0.25, -0.2) is 4.39 Å². The topological polar surface area (TPSA) is 62.6 Å². The van der Waals surface area contributed by atoms with Crippen LogP contribution in [0.4, 0.5) is 4.39 Å². The Hall–Kier alpha value is -2.28. The van der Waals surface area contributed by atoms with Gasteiger partial charge in [-0.3, -0.25) is 9.59 Å². The van der Waals surface area contributed by atoms with Crippen LogP contribution < -0.4 is 5.32 Å². The molecule has 144 valence electrons. The molecule has 1 aromatic heterocycles. The van der Waals surface area contributed by atoms with Crippen LogP contribution in [-0.2, 0) is 4.79 Å². The lowest BCUT2D eigenvalue weighted by molar-refractivity contribution is -0.124. The highest BCUT2D eigenvalue weighted by Crippen LogP contribution is 2.42. The van der Waals surface area contributed by atoms with E-state index in [-0.39, 0.29) is 17.2 Å². The number of benzene rings is 1. The summed E-state index contributed by atoms with van der Waals surface area (Å²) in [5.74, 6) is 0.117. The summed E-state index contributed by atoms with van der Waals surface area (Å²) in [4.78, 5) is 27.5. The normalized spacial score (nSPS) is 19.5. The van der Waals surface area contributed by atoms with Crippen molar-refractivity contribution in [2.45, 2.75) is 31.7 Å². The number of thioether (sulfide) groups is 1. The number of halogens is 1. The minimum atomic E-state index is -0.584. The highest BCUT2D eigenvalue weighted by Gasteiger charge is 2.42. The molecular weight excluding hydrogens is 367 g/mol. The Morgan fingerprint density at radius 1 is 1.30 bits per heavy atom. The number of rotatable bonds is 6. The zero-order valence-corrected chi connectivity index (χ0v) is 16.2. The van der Waals surface area contributed by atoms with Crippen LogP contribution in [0.1, 0.15) is 41.6 Å². The molecule has 7 heteroatoms. The van der Waals surface area contributed by atoms with Crippen LogP contribution >= 0.6 is 11.8 Å². The van der Waals surface area contributed by atoms with E-state index in [1.165, 1.54) is 36.0 Å². The zero-order valence-electron chi connectivity index (χ0n) is 15.4. The second-order valence-electron chi connectivity index (χ2n) is 6.95. The van der Waals surface area contributed by atoms with Crippen LogP contribution in [0.3, 0.4) is 0 Å². The van der Waals surface area contributed by atoms with Gasteiger partial charge in [0.05, 0.1) is 12.5 Å². The minimum Gasteiger partial charge on any atom is -0.472 e. The summed E-state index contributed by atoms with van der Waals surface area (Å²) in [6, 6.07) is 6.60. The van der Waals surface area contributed by atoms with Gasteiger partial charge >= 0.3 is 0 Å². The smallest absolute Gasteiger partial charge is 0.255 e. The lowest BCUT2D eigenvalue weighted by Gasteiger charge is -2.28. The Bertz CT molecular complexity index is 777. The van der Waals surface area contributed by atoms with Crippen molar-refractivity contribution in [3.8, 4) is 0 Å². The Kier molecular flexibility index (Phi) is 6.21. The molecule has 2 heterocycles.